The van der Waals surface area contributed by atoms with Gasteiger partial charge in [0.05, 0.1) is 6.20 Å². The van der Waals surface area contributed by atoms with Crippen LogP contribution in [0.1, 0.15) is 5.56 Å². The Bertz CT molecular complexity index is 636. The SMILES string of the molecule is CN(C)Cc1cccc(NS(=O)(=O)c2ccn[nH]2)c1. The Balaban J connectivity index is 2.20. The summed E-state index contributed by atoms with van der Waals surface area (Å²) < 4.78 is 26.5. The standard InChI is InChI=1S/C12H16N4O2S/c1-16(2)9-10-4-3-5-11(8-10)15-19(17,18)12-6-7-13-14-12/h3-8,15H,9H2,1-2H3,(H,13,14). The number of aromatic amines is 1. The van der Waals surface area contributed by atoms with E-state index in [1.807, 2.05) is 37.2 Å². The average Bonchev–Trinajstić information content (AvgIpc) is 2.81. The minimum Gasteiger partial charge on any atom is -0.305 e. The second-order valence-electron chi connectivity index (χ2n) is 4.46. The van der Waals surface area contributed by atoms with Crippen molar-refractivity contribution in [3.63, 3.8) is 0 Å². The van der Waals surface area contributed by atoms with Gasteiger partial charge in [-0.3, -0.25) is 9.82 Å². The van der Waals surface area contributed by atoms with Gasteiger partial charge in [-0.15, -0.1) is 0 Å². The molecule has 0 amide bonds. The van der Waals surface area contributed by atoms with E-state index in [-0.39, 0.29) is 5.03 Å². The van der Waals surface area contributed by atoms with Gasteiger partial charge in [0.1, 0.15) is 0 Å². The maximum Gasteiger partial charge on any atom is 0.278 e. The second kappa shape index (κ2) is 5.41. The number of H-pyrrole nitrogens is 1. The van der Waals surface area contributed by atoms with Crippen molar-refractivity contribution < 1.29 is 8.42 Å². The number of rotatable bonds is 5. The number of aromatic nitrogens is 2. The number of benzene rings is 1. The molecule has 0 atom stereocenters. The Labute approximate surface area is 112 Å². The summed E-state index contributed by atoms with van der Waals surface area (Å²) in [4.78, 5) is 2.02. The lowest BCUT2D eigenvalue weighted by atomic mass is 10.2. The minimum absolute atomic E-state index is 0.0468. The summed E-state index contributed by atoms with van der Waals surface area (Å²) in [6.07, 6.45) is 1.40. The zero-order valence-electron chi connectivity index (χ0n) is 10.8. The fourth-order valence-corrected chi connectivity index (χ4v) is 2.66. The van der Waals surface area contributed by atoms with Crippen LogP contribution in [0.2, 0.25) is 0 Å². The molecule has 2 rings (SSSR count). The van der Waals surface area contributed by atoms with E-state index in [0.29, 0.717) is 5.69 Å². The van der Waals surface area contributed by atoms with Crippen LogP contribution in [0.15, 0.2) is 41.6 Å². The third kappa shape index (κ3) is 3.55. The van der Waals surface area contributed by atoms with Gasteiger partial charge in [-0.2, -0.15) is 13.5 Å². The van der Waals surface area contributed by atoms with E-state index in [9.17, 15) is 8.42 Å². The van der Waals surface area contributed by atoms with E-state index >= 15 is 0 Å². The van der Waals surface area contributed by atoms with Crippen molar-refractivity contribution in [2.45, 2.75) is 11.6 Å². The monoisotopic (exact) mass is 280 g/mol. The smallest absolute Gasteiger partial charge is 0.278 e. The van der Waals surface area contributed by atoms with Gasteiger partial charge in [-0.05, 0) is 37.9 Å². The predicted octanol–water partition coefficient (Wildman–Crippen LogP) is 1.27. The number of nitrogens with one attached hydrogen (secondary N) is 2. The quantitative estimate of drug-likeness (QED) is 0.864. The van der Waals surface area contributed by atoms with Gasteiger partial charge in [0.15, 0.2) is 5.03 Å². The molecule has 1 aromatic carbocycles. The Kier molecular flexibility index (Phi) is 3.87. The van der Waals surface area contributed by atoms with E-state index in [4.69, 9.17) is 0 Å². The van der Waals surface area contributed by atoms with Crippen LogP contribution in [0, 0.1) is 0 Å². The topological polar surface area (TPSA) is 78.1 Å². The van der Waals surface area contributed by atoms with Crippen molar-refractivity contribution in [3.05, 3.63) is 42.1 Å². The number of nitrogens with zero attached hydrogens (tertiary/aromatic N) is 2. The van der Waals surface area contributed by atoms with E-state index < -0.39 is 10.0 Å². The largest absolute Gasteiger partial charge is 0.305 e. The normalized spacial score (nSPS) is 11.7. The highest BCUT2D eigenvalue weighted by Crippen LogP contribution is 2.16. The van der Waals surface area contributed by atoms with Crippen molar-refractivity contribution in [1.29, 1.82) is 0 Å². The van der Waals surface area contributed by atoms with Gasteiger partial charge in [-0.25, -0.2) is 0 Å². The fourth-order valence-electron chi connectivity index (χ4n) is 1.70. The lowest BCUT2D eigenvalue weighted by Gasteiger charge is -2.11. The molecule has 2 aromatic rings. The zero-order chi connectivity index (χ0) is 13.9. The van der Waals surface area contributed by atoms with E-state index in [0.717, 1.165) is 12.1 Å². The molecular formula is C12H16N4O2S. The molecule has 0 aliphatic rings. The second-order valence-corrected chi connectivity index (χ2v) is 6.12. The van der Waals surface area contributed by atoms with Crippen LogP contribution >= 0.6 is 0 Å². The third-order valence-corrected chi connectivity index (χ3v) is 3.75. The van der Waals surface area contributed by atoms with Crippen molar-refractivity contribution in [2.75, 3.05) is 18.8 Å². The molecule has 1 heterocycles. The molecule has 2 N–H and O–H groups in total. The van der Waals surface area contributed by atoms with Gasteiger partial charge in [0.2, 0.25) is 0 Å². The Morgan fingerprint density at radius 3 is 2.74 bits per heavy atom. The molecular weight excluding hydrogens is 264 g/mol. The highest BCUT2D eigenvalue weighted by molar-refractivity contribution is 7.92. The summed E-state index contributed by atoms with van der Waals surface area (Å²) in [5, 5.41) is 6.12. The first-order valence-electron chi connectivity index (χ1n) is 5.73. The Morgan fingerprint density at radius 1 is 1.32 bits per heavy atom. The maximum absolute atomic E-state index is 12.0. The zero-order valence-corrected chi connectivity index (χ0v) is 11.6. The summed E-state index contributed by atoms with van der Waals surface area (Å²) in [7, 11) is 0.323. The summed E-state index contributed by atoms with van der Waals surface area (Å²) in [6.45, 7) is 0.750. The van der Waals surface area contributed by atoms with Crippen LogP contribution in [-0.2, 0) is 16.6 Å². The molecule has 0 aliphatic carbocycles. The number of sulfonamides is 1. The Morgan fingerprint density at radius 2 is 2.11 bits per heavy atom. The fraction of sp³-hybridized carbons (Fsp3) is 0.250. The average molecular weight is 280 g/mol. The summed E-state index contributed by atoms with van der Waals surface area (Å²) in [5.41, 5.74) is 1.57. The third-order valence-electron chi connectivity index (χ3n) is 2.44. The summed E-state index contributed by atoms with van der Waals surface area (Å²) >= 11 is 0. The molecule has 0 unspecified atom stereocenters. The van der Waals surface area contributed by atoms with Crippen LogP contribution in [-0.4, -0.2) is 37.6 Å². The summed E-state index contributed by atoms with van der Waals surface area (Å²) in [6, 6.07) is 8.71. The highest BCUT2D eigenvalue weighted by atomic mass is 32.2. The van der Waals surface area contributed by atoms with E-state index in [2.05, 4.69) is 14.9 Å². The molecule has 0 spiro atoms. The van der Waals surface area contributed by atoms with Crippen LogP contribution in [0.4, 0.5) is 5.69 Å². The molecule has 0 fully saturated rings. The molecule has 102 valence electrons. The Hall–Kier alpha value is -1.86. The van der Waals surface area contributed by atoms with Crippen molar-refractivity contribution in [1.82, 2.24) is 15.1 Å². The summed E-state index contributed by atoms with van der Waals surface area (Å²) in [5.74, 6) is 0. The van der Waals surface area contributed by atoms with Crippen molar-refractivity contribution >= 4 is 15.7 Å². The lowest BCUT2D eigenvalue weighted by molar-refractivity contribution is 0.402. The molecule has 0 saturated heterocycles. The van der Waals surface area contributed by atoms with Crippen LogP contribution in [0.5, 0.6) is 0 Å². The van der Waals surface area contributed by atoms with Crippen molar-refractivity contribution in [3.8, 4) is 0 Å². The lowest BCUT2D eigenvalue weighted by Crippen LogP contribution is -2.14. The highest BCUT2D eigenvalue weighted by Gasteiger charge is 2.15. The number of hydrogen-bond donors (Lipinski definition) is 2. The minimum atomic E-state index is -3.60. The van der Waals surface area contributed by atoms with Crippen LogP contribution < -0.4 is 4.72 Å². The van der Waals surface area contributed by atoms with Gasteiger partial charge >= 0.3 is 0 Å². The first-order chi connectivity index (χ1) is 8.97. The van der Waals surface area contributed by atoms with Gasteiger partial charge in [0.25, 0.3) is 10.0 Å². The maximum atomic E-state index is 12.0. The van der Waals surface area contributed by atoms with Gasteiger partial charge in [0, 0.05) is 12.2 Å². The van der Waals surface area contributed by atoms with Gasteiger partial charge < -0.3 is 4.90 Å². The molecule has 0 radical (unpaired) electrons. The molecule has 6 nitrogen and oxygen atoms in total. The first-order valence-corrected chi connectivity index (χ1v) is 7.21. The predicted molar refractivity (Wildman–Crippen MR) is 73.2 cm³/mol. The number of anilines is 1. The molecule has 1 aromatic heterocycles. The van der Waals surface area contributed by atoms with E-state index in [1.165, 1.54) is 12.3 Å². The molecule has 19 heavy (non-hydrogen) atoms. The molecule has 0 aliphatic heterocycles. The molecule has 0 bridgehead atoms. The van der Waals surface area contributed by atoms with Crippen LogP contribution in [0.25, 0.3) is 0 Å². The first kappa shape index (κ1) is 13.6. The van der Waals surface area contributed by atoms with E-state index in [1.54, 1.807) is 6.07 Å². The van der Waals surface area contributed by atoms with Crippen molar-refractivity contribution in [2.24, 2.45) is 0 Å². The van der Waals surface area contributed by atoms with Gasteiger partial charge in [-0.1, -0.05) is 12.1 Å². The molecule has 7 heteroatoms. The van der Waals surface area contributed by atoms with Crippen LogP contribution in [0.3, 0.4) is 0 Å². The molecule has 0 saturated carbocycles. The number of hydrogen-bond acceptors (Lipinski definition) is 4.